The average Bonchev–Trinajstić information content (AvgIpc) is 3.43. The van der Waals surface area contributed by atoms with Gasteiger partial charge < -0.3 is 0 Å². The molecule has 0 radical (unpaired) electrons. The summed E-state index contributed by atoms with van der Waals surface area (Å²) in [6.45, 7) is 0. The number of nitrogens with zero attached hydrogens (tertiary/aromatic N) is 1. The SMILES string of the molecule is Brc1ccc2c(c1)C1(c3ccccc3-c3ccc(-c4cccc(-c5ccccn5)c4)cc31)c1cc(Br)ccc1-2. The molecule has 1 nitrogen and oxygen atoms in total. The van der Waals surface area contributed by atoms with Crippen LogP contribution in [0.1, 0.15) is 22.3 Å². The molecule has 6 aromatic rings. The molecule has 0 saturated heterocycles. The molecule has 0 atom stereocenters. The summed E-state index contributed by atoms with van der Waals surface area (Å²) in [5.74, 6) is 0. The first-order valence-corrected chi connectivity index (χ1v) is 14.6. The van der Waals surface area contributed by atoms with Crippen LogP contribution in [-0.4, -0.2) is 4.98 Å². The summed E-state index contributed by atoms with van der Waals surface area (Å²) in [7, 11) is 0. The zero-order valence-corrected chi connectivity index (χ0v) is 24.0. The molecule has 39 heavy (non-hydrogen) atoms. The maximum atomic E-state index is 4.58. The van der Waals surface area contributed by atoms with Gasteiger partial charge in [0.2, 0.25) is 0 Å². The van der Waals surface area contributed by atoms with Crippen molar-refractivity contribution in [3.05, 3.63) is 159 Å². The monoisotopic (exact) mass is 625 g/mol. The smallest absolute Gasteiger partial charge is 0.0726 e. The summed E-state index contributed by atoms with van der Waals surface area (Å²) in [6, 6.07) is 44.2. The summed E-state index contributed by atoms with van der Waals surface area (Å²) in [6.07, 6.45) is 1.85. The van der Waals surface area contributed by atoms with Gasteiger partial charge in [-0.3, -0.25) is 4.98 Å². The predicted molar refractivity (Wildman–Crippen MR) is 167 cm³/mol. The molecule has 1 aromatic heterocycles. The van der Waals surface area contributed by atoms with Gasteiger partial charge in [0.1, 0.15) is 0 Å². The molecule has 0 saturated carbocycles. The lowest BCUT2D eigenvalue weighted by molar-refractivity contribution is 0.793. The normalized spacial score (nSPS) is 13.6. The maximum Gasteiger partial charge on any atom is 0.0726 e. The van der Waals surface area contributed by atoms with Crippen LogP contribution in [0, 0.1) is 0 Å². The molecule has 184 valence electrons. The van der Waals surface area contributed by atoms with Gasteiger partial charge in [0.05, 0.1) is 11.1 Å². The van der Waals surface area contributed by atoms with E-state index >= 15 is 0 Å². The van der Waals surface area contributed by atoms with Crippen molar-refractivity contribution >= 4 is 31.9 Å². The first-order chi connectivity index (χ1) is 19.1. The Labute approximate surface area is 244 Å². The van der Waals surface area contributed by atoms with Crippen LogP contribution in [0.4, 0.5) is 0 Å². The van der Waals surface area contributed by atoms with Crippen molar-refractivity contribution in [3.63, 3.8) is 0 Å². The molecule has 0 bridgehead atoms. The van der Waals surface area contributed by atoms with Crippen molar-refractivity contribution in [1.29, 1.82) is 0 Å². The maximum absolute atomic E-state index is 4.58. The number of benzene rings is 5. The Hall–Kier alpha value is -3.79. The molecule has 3 heteroatoms. The Balaban J connectivity index is 1.43. The van der Waals surface area contributed by atoms with Crippen LogP contribution in [0.2, 0.25) is 0 Å². The minimum Gasteiger partial charge on any atom is -0.256 e. The van der Waals surface area contributed by atoms with Crippen LogP contribution in [-0.2, 0) is 5.41 Å². The Morgan fingerprint density at radius 2 is 1.03 bits per heavy atom. The van der Waals surface area contributed by atoms with E-state index in [4.69, 9.17) is 0 Å². The van der Waals surface area contributed by atoms with Gasteiger partial charge in [0.25, 0.3) is 0 Å². The first kappa shape index (κ1) is 23.1. The minimum atomic E-state index is -0.390. The number of aromatic nitrogens is 1. The lowest BCUT2D eigenvalue weighted by Crippen LogP contribution is -2.26. The number of hydrogen-bond acceptors (Lipinski definition) is 1. The van der Waals surface area contributed by atoms with Gasteiger partial charge in [-0.25, -0.2) is 0 Å². The highest BCUT2D eigenvalue weighted by molar-refractivity contribution is 9.10. The lowest BCUT2D eigenvalue weighted by atomic mass is 9.70. The zero-order valence-electron chi connectivity index (χ0n) is 20.8. The van der Waals surface area contributed by atoms with E-state index in [0.29, 0.717) is 0 Å². The van der Waals surface area contributed by atoms with Crippen molar-refractivity contribution in [1.82, 2.24) is 4.98 Å². The standard InChI is InChI=1S/C36H21Br2N/c37-25-12-15-29-30-16-13-26(38)21-34(30)36(33(29)20-25)31-9-2-1-8-27(31)28-14-11-23(19-32(28)36)22-6-5-7-24(18-22)35-10-3-4-17-39-35/h1-21H. The van der Waals surface area contributed by atoms with Crippen LogP contribution in [0.25, 0.3) is 44.6 Å². The number of halogens is 2. The van der Waals surface area contributed by atoms with Gasteiger partial charge in [-0.2, -0.15) is 0 Å². The molecule has 8 rings (SSSR count). The van der Waals surface area contributed by atoms with Crippen molar-refractivity contribution in [2.75, 3.05) is 0 Å². The van der Waals surface area contributed by atoms with E-state index in [1.54, 1.807) is 0 Å². The molecule has 0 unspecified atom stereocenters. The molecular weight excluding hydrogens is 606 g/mol. The van der Waals surface area contributed by atoms with Gasteiger partial charge in [0.15, 0.2) is 0 Å². The topological polar surface area (TPSA) is 12.9 Å². The fourth-order valence-corrected chi connectivity index (χ4v) is 7.42. The largest absolute Gasteiger partial charge is 0.256 e. The summed E-state index contributed by atoms with van der Waals surface area (Å²) >= 11 is 7.60. The van der Waals surface area contributed by atoms with Crippen LogP contribution in [0.15, 0.2) is 136 Å². The molecule has 1 heterocycles. The Morgan fingerprint density at radius 1 is 0.436 bits per heavy atom. The predicted octanol–water partition coefficient (Wildman–Crippen LogP) is 10.3. The molecule has 5 aromatic carbocycles. The van der Waals surface area contributed by atoms with E-state index in [2.05, 4.69) is 146 Å². The van der Waals surface area contributed by atoms with E-state index in [1.807, 2.05) is 18.3 Å². The summed E-state index contributed by atoms with van der Waals surface area (Å²) < 4.78 is 2.19. The fourth-order valence-electron chi connectivity index (χ4n) is 6.70. The van der Waals surface area contributed by atoms with Crippen LogP contribution in [0.3, 0.4) is 0 Å². The summed E-state index contributed by atoms with van der Waals surface area (Å²) in [4.78, 5) is 4.58. The molecule has 0 amide bonds. The fraction of sp³-hybridized carbons (Fsp3) is 0.0278. The molecular formula is C36H21Br2N. The second-order valence-corrected chi connectivity index (χ2v) is 12.1. The molecule has 2 aliphatic rings. The third kappa shape index (κ3) is 3.27. The van der Waals surface area contributed by atoms with E-state index in [9.17, 15) is 0 Å². The van der Waals surface area contributed by atoms with Crippen molar-refractivity contribution in [2.24, 2.45) is 0 Å². The molecule has 2 aliphatic carbocycles. The number of rotatable bonds is 2. The molecule has 0 aliphatic heterocycles. The number of pyridine rings is 1. The minimum absolute atomic E-state index is 0.390. The first-order valence-electron chi connectivity index (χ1n) is 13.0. The van der Waals surface area contributed by atoms with Gasteiger partial charge in [-0.05, 0) is 104 Å². The van der Waals surface area contributed by atoms with E-state index in [-0.39, 0.29) is 0 Å². The van der Waals surface area contributed by atoms with E-state index < -0.39 is 5.41 Å². The van der Waals surface area contributed by atoms with Crippen molar-refractivity contribution in [3.8, 4) is 44.6 Å². The quantitative estimate of drug-likeness (QED) is 0.186. The Bertz CT molecular complexity index is 1890. The molecule has 1 spiro atoms. The summed E-state index contributed by atoms with van der Waals surface area (Å²) in [5.41, 5.74) is 14.6. The number of hydrogen-bond donors (Lipinski definition) is 0. The van der Waals surface area contributed by atoms with Crippen molar-refractivity contribution in [2.45, 2.75) is 5.41 Å². The molecule has 0 N–H and O–H groups in total. The second kappa shape index (κ2) is 8.61. The van der Waals surface area contributed by atoms with Crippen molar-refractivity contribution < 1.29 is 0 Å². The number of fused-ring (bicyclic) bond motifs is 10. The van der Waals surface area contributed by atoms with E-state index in [0.717, 1.165) is 20.2 Å². The van der Waals surface area contributed by atoms with Gasteiger partial charge in [-0.15, -0.1) is 0 Å². The zero-order chi connectivity index (χ0) is 26.1. The van der Waals surface area contributed by atoms with Crippen LogP contribution >= 0.6 is 31.9 Å². The third-order valence-corrected chi connectivity index (χ3v) is 9.25. The van der Waals surface area contributed by atoms with E-state index in [1.165, 1.54) is 55.6 Å². The highest BCUT2D eigenvalue weighted by Gasteiger charge is 2.51. The van der Waals surface area contributed by atoms with Gasteiger partial charge in [-0.1, -0.05) is 105 Å². The molecule has 0 fully saturated rings. The Kier molecular flexibility index (Phi) is 5.10. The lowest BCUT2D eigenvalue weighted by Gasteiger charge is -2.31. The summed E-state index contributed by atoms with van der Waals surface area (Å²) in [5, 5.41) is 0. The van der Waals surface area contributed by atoms with Gasteiger partial charge >= 0.3 is 0 Å². The van der Waals surface area contributed by atoms with Crippen LogP contribution in [0.5, 0.6) is 0 Å². The second-order valence-electron chi connectivity index (χ2n) is 10.2. The highest BCUT2D eigenvalue weighted by Crippen LogP contribution is 2.63. The highest BCUT2D eigenvalue weighted by atomic mass is 79.9. The third-order valence-electron chi connectivity index (χ3n) is 8.26. The van der Waals surface area contributed by atoms with Gasteiger partial charge in [0, 0.05) is 20.7 Å². The Morgan fingerprint density at radius 3 is 1.74 bits per heavy atom. The average molecular weight is 627 g/mol. The van der Waals surface area contributed by atoms with Crippen LogP contribution < -0.4 is 0 Å².